The Morgan fingerprint density at radius 1 is 0.727 bits per heavy atom. The first kappa shape index (κ1) is 21.9. The van der Waals surface area contributed by atoms with Gasteiger partial charge in [0.05, 0.1) is 5.25 Å². The topological polar surface area (TPSA) is 74.6 Å². The van der Waals surface area contributed by atoms with Gasteiger partial charge in [0.15, 0.2) is 0 Å². The molecule has 2 N–H and O–H groups in total. The van der Waals surface area contributed by atoms with E-state index in [0.29, 0.717) is 12.8 Å². The number of rotatable bonds is 16. The molecule has 0 amide bonds. The van der Waals surface area contributed by atoms with Gasteiger partial charge in [0, 0.05) is 6.61 Å². The monoisotopic (exact) mass is 336 g/mol. The molecule has 4 nitrogen and oxygen atoms in total. The van der Waals surface area contributed by atoms with Gasteiger partial charge >= 0.3 is 0 Å². The number of unbranched alkanes of at least 4 members (excludes halogenated alkanes) is 10. The molecular weight excluding hydrogens is 300 g/mol. The Balaban J connectivity index is 3.76. The van der Waals surface area contributed by atoms with Crippen LogP contribution in [0.1, 0.15) is 96.8 Å². The quantitative estimate of drug-likeness (QED) is 0.316. The zero-order valence-electron chi connectivity index (χ0n) is 14.3. The fraction of sp³-hybridized carbons (Fsp3) is 1.00. The summed E-state index contributed by atoms with van der Waals surface area (Å²) in [5, 5.41) is 8.11. The second kappa shape index (κ2) is 14.5. The van der Waals surface area contributed by atoms with Crippen molar-refractivity contribution in [3.05, 3.63) is 0 Å². The summed E-state index contributed by atoms with van der Waals surface area (Å²) < 4.78 is 32.2. The molecule has 134 valence electrons. The van der Waals surface area contributed by atoms with Gasteiger partial charge in [-0.2, -0.15) is 8.42 Å². The highest BCUT2D eigenvalue weighted by Crippen LogP contribution is 2.19. The smallest absolute Gasteiger partial charge is 0.267 e. The van der Waals surface area contributed by atoms with E-state index >= 15 is 0 Å². The van der Waals surface area contributed by atoms with Crippen molar-refractivity contribution in [1.29, 1.82) is 0 Å². The second-order valence-electron chi connectivity index (χ2n) is 6.33. The molecule has 0 radical (unpaired) electrons. The molecule has 0 aliphatic rings. The van der Waals surface area contributed by atoms with Crippen molar-refractivity contribution in [2.75, 3.05) is 6.61 Å². The number of aliphatic hydroxyl groups is 1. The van der Waals surface area contributed by atoms with Gasteiger partial charge in [-0.3, -0.25) is 4.55 Å². The van der Waals surface area contributed by atoms with E-state index in [0.717, 1.165) is 57.8 Å². The van der Waals surface area contributed by atoms with E-state index in [1.54, 1.807) is 0 Å². The fourth-order valence-electron chi connectivity index (χ4n) is 2.79. The zero-order chi connectivity index (χ0) is 16.7. The van der Waals surface area contributed by atoms with Crippen molar-refractivity contribution in [2.24, 2.45) is 0 Å². The molecule has 0 saturated heterocycles. The molecule has 0 aromatic carbocycles. The second-order valence-corrected chi connectivity index (χ2v) is 8.02. The van der Waals surface area contributed by atoms with E-state index in [1.807, 2.05) is 0 Å². The molecule has 0 bridgehead atoms. The van der Waals surface area contributed by atoms with Crippen LogP contribution in [0.15, 0.2) is 0 Å². The van der Waals surface area contributed by atoms with Gasteiger partial charge < -0.3 is 5.11 Å². The van der Waals surface area contributed by atoms with Crippen molar-refractivity contribution >= 4 is 10.1 Å². The van der Waals surface area contributed by atoms with Crippen LogP contribution in [0, 0.1) is 0 Å². The summed E-state index contributed by atoms with van der Waals surface area (Å²) in [7, 11) is -3.90. The largest absolute Gasteiger partial charge is 0.396 e. The van der Waals surface area contributed by atoms with Crippen molar-refractivity contribution in [3.63, 3.8) is 0 Å². The number of aliphatic hydroxyl groups excluding tert-OH is 1. The molecule has 0 aromatic heterocycles. The molecular formula is C17H36O4S. The molecule has 0 fully saturated rings. The first-order valence-corrected chi connectivity index (χ1v) is 10.6. The molecule has 0 saturated carbocycles. The molecule has 0 spiro atoms. The average Bonchev–Trinajstić information content (AvgIpc) is 2.46. The molecule has 1 unspecified atom stereocenters. The maximum atomic E-state index is 11.4. The number of hydrogen-bond acceptors (Lipinski definition) is 3. The van der Waals surface area contributed by atoms with Crippen molar-refractivity contribution in [1.82, 2.24) is 0 Å². The third kappa shape index (κ3) is 13.5. The fourth-order valence-corrected chi connectivity index (χ4v) is 3.71. The molecule has 0 aliphatic carbocycles. The average molecular weight is 337 g/mol. The van der Waals surface area contributed by atoms with E-state index in [9.17, 15) is 13.0 Å². The normalized spacial score (nSPS) is 13.4. The Kier molecular flexibility index (Phi) is 14.4. The minimum atomic E-state index is -3.90. The highest BCUT2D eigenvalue weighted by molar-refractivity contribution is 7.86. The van der Waals surface area contributed by atoms with Gasteiger partial charge in [-0.25, -0.2) is 0 Å². The van der Waals surface area contributed by atoms with Crippen LogP contribution in [0.5, 0.6) is 0 Å². The molecule has 0 rings (SSSR count). The highest BCUT2D eigenvalue weighted by Gasteiger charge is 2.21. The summed E-state index contributed by atoms with van der Waals surface area (Å²) in [6, 6.07) is 0. The van der Waals surface area contributed by atoms with Crippen LogP contribution >= 0.6 is 0 Å². The molecule has 5 heteroatoms. The van der Waals surface area contributed by atoms with Gasteiger partial charge in [0.2, 0.25) is 0 Å². The van der Waals surface area contributed by atoms with Gasteiger partial charge in [0.1, 0.15) is 0 Å². The van der Waals surface area contributed by atoms with E-state index in [1.165, 1.54) is 19.3 Å². The van der Waals surface area contributed by atoms with Crippen molar-refractivity contribution in [3.8, 4) is 0 Å². The SMILES string of the molecule is CCCCCCCCC(CCCCCCCCO)S(=O)(=O)O. The van der Waals surface area contributed by atoms with Crippen molar-refractivity contribution < 1.29 is 18.1 Å². The van der Waals surface area contributed by atoms with Crippen LogP contribution in [0.2, 0.25) is 0 Å². The molecule has 0 heterocycles. The predicted octanol–water partition coefficient (Wildman–Crippen LogP) is 4.72. The molecule has 0 aliphatic heterocycles. The predicted molar refractivity (Wildman–Crippen MR) is 92.7 cm³/mol. The third-order valence-electron chi connectivity index (χ3n) is 4.24. The summed E-state index contributed by atoms with van der Waals surface area (Å²) in [6.07, 6.45) is 13.9. The molecule has 1 atom stereocenters. The first-order chi connectivity index (χ1) is 10.5. The maximum absolute atomic E-state index is 11.4. The van der Waals surface area contributed by atoms with Crippen LogP contribution in [-0.2, 0) is 10.1 Å². The Morgan fingerprint density at radius 2 is 1.14 bits per heavy atom. The van der Waals surface area contributed by atoms with Crippen LogP contribution in [0.25, 0.3) is 0 Å². The summed E-state index contributed by atoms with van der Waals surface area (Å²) in [4.78, 5) is 0. The lowest BCUT2D eigenvalue weighted by Crippen LogP contribution is -2.20. The summed E-state index contributed by atoms with van der Waals surface area (Å²) in [5.41, 5.74) is 0. The standard InChI is InChI=1S/C17H36O4S/c1-2-3-4-5-8-11-14-17(22(19,20)21)15-12-9-6-7-10-13-16-18/h17-18H,2-16H2,1H3,(H,19,20,21). The van der Waals surface area contributed by atoms with E-state index in [2.05, 4.69) is 6.92 Å². The third-order valence-corrected chi connectivity index (χ3v) is 5.55. The Bertz CT molecular complexity index is 328. The number of hydrogen-bond donors (Lipinski definition) is 2. The summed E-state index contributed by atoms with van der Waals surface area (Å²) in [5.74, 6) is 0. The first-order valence-electron chi connectivity index (χ1n) is 9.09. The van der Waals surface area contributed by atoms with Gasteiger partial charge in [-0.15, -0.1) is 0 Å². The van der Waals surface area contributed by atoms with E-state index in [4.69, 9.17) is 5.11 Å². The van der Waals surface area contributed by atoms with Gasteiger partial charge in [-0.1, -0.05) is 77.6 Å². The van der Waals surface area contributed by atoms with E-state index < -0.39 is 15.4 Å². The lowest BCUT2D eigenvalue weighted by Gasteiger charge is -2.13. The maximum Gasteiger partial charge on any atom is 0.267 e. The Hall–Kier alpha value is -0.130. The van der Waals surface area contributed by atoms with Crippen LogP contribution in [0.4, 0.5) is 0 Å². The lowest BCUT2D eigenvalue weighted by atomic mass is 10.0. The van der Waals surface area contributed by atoms with Crippen LogP contribution < -0.4 is 0 Å². The molecule has 22 heavy (non-hydrogen) atoms. The van der Waals surface area contributed by atoms with Crippen molar-refractivity contribution in [2.45, 2.75) is 102 Å². The zero-order valence-corrected chi connectivity index (χ0v) is 15.1. The summed E-state index contributed by atoms with van der Waals surface area (Å²) in [6.45, 7) is 2.43. The Labute approximate surface area is 137 Å². The minimum Gasteiger partial charge on any atom is -0.396 e. The van der Waals surface area contributed by atoms with Gasteiger partial charge in [0.25, 0.3) is 10.1 Å². The lowest BCUT2D eigenvalue weighted by molar-refractivity contribution is 0.282. The highest BCUT2D eigenvalue weighted by atomic mass is 32.2. The van der Waals surface area contributed by atoms with Crippen LogP contribution in [0.3, 0.4) is 0 Å². The minimum absolute atomic E-state index is 0.253. The summed E-state index contributed by atoms with van der Waals surface area (Å²) >= 11 is 0. The van der Waals surface area contributed by atoms with E-state index in [-0.39, 0.29) is 6.61 Å². The Morgan fingerprint density at radius 3 is 1.55 bits per heavy atom. The molecule has 0 aromatic rings. The van der Waals surface area contributed by atoms with Gasteiger partial charge in [-0.05, 0) is 19.3 Å². The van der Waals surface area contributed by atoms with Crippen LogP contribution in [-0.4, -0.2) is 29.9 Å².